The van der Waals surface area contributed by atoms with E-state index in [1.807, 2.05) is 13.8 Å². The van der Waals surface area contributed by atoms with Crippen molar-refractivity contribution < 1.29 is 29.6 Å². The highest BCUT2D eigenvalue weighted by Gasteiger charge is 2.61. The maximum absolute atomic E-state index is 13.0. The van der Waals surface area contributed by atoms with Crippen LogP contribution in [0, 0.1) is 13.8 Å². The average Bonchev–Trinajstić information content (AvgIpc) is 2.91. The lowest BCUT2D eigenvalue weighted by Crippen LogP contribution is -2.53. The smallest absolute Gasteiger partial charge is 0.249 e. The predicted octanol–water partition coefficient (Wildman–Crippen LogP) is 2.13. The zero-order chi connectivity index (χ0) is 20.7. The first-order valence-corrected chi connectivity index (χ1v) is 9.13. The monoisotopic (exact) mass is 404 g/mol. The van der Waals surface area contributed by atoms with E-state index in [1.54, 1.807) is 24.3 Å². The van der Waals surface area contributed by atoms with E-state index in [4.69, 9.17) is 16.3 Å². The van der Waals surface area contributed by atoms with Crippen LogP contribution in [0.2, 0.25) is 0 Å². The number of alkyl halides is 1. The summed E-state index contributed by atoms with van der Waals surface area (Å²) in [6, 6.07) is 12.8. The van der Waals surface area contributed by atoms with Crippen LogP contribution in [0.5, 0.6) is 0 Å². The standard InChI is InChI=1S/C21H21ClO6/c1-12-3-7-14(8-4-12)16(23)17(24)19-20(26,11-21(22,27)28-19)18(25)15-9-5-13(2)6-10-15/h3-10,17,19,24,26-27H,11H2,1-2H3/t17?,19-,20-,21-/m0/s1. The SMILES string of the molecule is Cc1ccc(C(=O)C(O)[C@@H]2O[C@](O)(Cl)C[C@]2(O)C(=O)c2ccc(C)cc2)cc1. The maximum atomic E-state index is 13.0. The number of hydrogen-bond donors (Lipinski definition) is 3. The molecule has 0 radical (unpaired) electrons. The second-order valence-corrected chi connectivity index (χ2v) is 7.79. The first-order chi connectivity index (χ1) is 13.0. The number of benzene rings is 2. The molecule has 28 heavy (non-hydrogen) atoms. The summed E-state index contributed by atoms with van der Waals surface area (Å²) in [4.78, 5) is 25.6. The Morgan fingerprint density at radius 3 is 1.96 bits per heavy atom. The summed E-state index contributed by atoms with van der Waals surface area (Å²) in [7, 11) is 0. The van der Waals surface area contributed by atoms with Gasteiger partial charge in [0.15, 0.2) is 17.2 Å². The van der Waals surface area contributed by atoms with Gasteiger partial charge < -0.3 is 20.1 Å². The topological polar surface area (TPSA) is 104 Å². The lowest BCUT2D eigenvalue weighted by molar-refractivity contribution is -0.154. The number of carbonyl (C=O) groups is 2. The Hall–Kier alpha value is -2.09. The van der Waals surface area contributed by atoms with Crippen molar-refractivity contribution in [2.45, 2.75) is 43.3 Å². The van der Waals surface area contributed by atoms with Gasteiger partial charge in [0.2, 0.25) is 5.25 Å². The summed E-state index contributed by atoms with van der Waals surface area (Å²) in [5.41, 5.74) is -0.232. The highest BCUT2D eigenvalue weighted by Crippen LogP contribution is 2.43. The molecular formula is C21H21ClO6. The van der Waals surface area contributed by atoms with Gasteiger partial charge >= 0.3 is 0 Å². The van der Waals surface area contributed by atoms with Crippen molar-refractivity contribution in [2.75, 3.05) is 0 Å². The van der Waals surface area contributed by atoms with Crippen LogP contribution in [-0.4, -0.2) is 49.9 Å². The number of ether oxygens (including phenoxy) is 1. The Kier molecular flexibility index (Phi) is 5.44. The third-order valence-corrected chi connectivity index (χ3v) is 5.09. The molecule has 0 amide bonds. The van der Waals surface area contributed by atoms with E-state index in [0.717, 1.165) is 11.1 Å². The van der Waals surface area contributed by atoms with Gasteiger partial charge in [-0.25, -0.2) is 0 Å². The number of rotatable bonds is 5. The summed E-state index contributed by atoms with van der Waals surface area (Å²) >= 11 is 5.82. The van der Waals surface area contributed by atoms with Crippen LogP contribution >= 0.6 is 11.6 Å². The van der Waals surface area contributed by atoms with Crippen molar-refractivity contribution in [2.24, 2.45) is 0 Å². The third-order valence-electron chi connectivity index (χ3n) is 4.86. The molecule has 0 aliphatic carbocycles. The lowest BCUT2D eigenvalue weighted by atomic mass is 9.82. The number of ketones is 2. The van der Waals surface area contributed by atoms with Crippen molar-refractivity contribution in [1.29, 1.82) is 0 Å². The highest BCUT2D eigenvalue weighted by molar-refractivity contribution is 6.22. The Morgan fingerprint density at radius 2 is 1.46 bits per heavy atom. The molecule has 0 bridgehead atoms. The molecule has 0 saturated carbocycles. The van der Waals surface area contributed by atoms with E-state index in [2.05, 4.69) is 0 Å². The largest absolute Gasteiger partial charge is 0.382 e. The third kappa shape index (κ3) is 3.87. The number of carbonyl (C=O) groups excluding carboxylic acids is 2. The van der Waals surface area contributed by atoms with Crippen molar-refractivity contribution in [1.82, 2.24) is 0 Å². The van der Waals surface area contributed by atoms with Crippen LogP contribution < -0.4 is 0 Å². The molecular weight excluding hydrogens is 384 g/mol. The number of aliphatic hydroxyl groups excluding tert-OH is 1. The molecule has 1 fully saturated rings. The van der Waals surface area contributed by atoms with Crippen molar-refractivity contribution in [3.63, 3.8) is 0 Å². The molecule has 2 aromatic rings. The van der Waals surface area contributed by atoms with Gasteiger partial charge in [-0.3, -0.25) is 9.59 Å². The summed E-state index contributed by atoms with van der Waals surface area (Å²) in [5, 5.41) is 29.3. The number of aliphatic hydroxyl groups is 3. The maximum Gasteiger partial charge on any atom is 0.249 e. The molecule has 1 heterocycles. The molecule has 1 aliphatic heterocycles. The van der Waals surface area contributed by atoms with Gasteiger partial charge in [0.1, 0.15) is 12.2 Å². The molecule has 0 spiro atoms. The van der Waals surface area contributed by atoms with Crippen LogP contribution in [0.25, 0.3) is 0 Å². The van der Waals surface area contributed by atoms with E-state index in [9.17, 15) is 24.9 Å². The molecule has 3 N–H and O–H groups in total. The Bertz CT molecular complexity index is 890. The quantitative estimate of drug-likeness (QED) is 0.521. The fraction of sp³-hybridized carbons (Fsp3) is 0.333. The Balaban J connectivity index is 1.94. The Morgan fingerprint density at radius 1 is 1.00 bits per heavy atom. The van der Waals surface area contributed by atoms with Crippen LogP contribution in [0.3, 0.4) is 0 Å². The molecule has 3 rings (SSSR count). The van der Waals surface area contributed by atoms with Crippen LogP contribution in [0.1, 0.15) is 38.3 Å². The molecule has 2 aromatic carbocycles. The summed E-state index contributed by atoms with van der Waals surface area (Å²) < 4.78 is 5.14. The second kappa shape index (κ2) is 7.39. The number of Topliss-reactive ketones (excluding diaryl/α,β-unsaturated/α-hetero) is 2. The van der Waals surface area contributed by atoms with Gasteiger partial charge in [0.05, 0.1) is 6.42 Å². The molecule has 1 unspecified atom stereocenters. The van der Waals surface area contributed by atoms with E-state index in [-0.39, 0.29) is 11.1 Å². The van der Waals surface area contributed by atoms with E-state index in [0.29, 0.717) is 0 Å². The number of hydrogen-bond acceptors (Lipinski definition) is 6. The normalized spacial score (nSPS) is 28.1. The zero-order valence-corrected chi connectivity index (χ0v) is 16.2. The van der Waals surface area contributed by atoms with Gasteiger partial charge in [0.25, 0.3) is 0 Å². The molecule has 7 heteroatoms. The minimum absolute atomic E-state index is 0.144. The minimum Gasteiger partial charge on any atom is -0.382 e. The van der Waals surface area contributed by atoms with Crippen LogP contribution in [0.15, 0.2) is 48.5 Å². The van der Waals surface area contributed by atoms with E-state index >= 15 is 0 Å². The summed E-state index contributed by atoms with van der Waals surface area (Å²) in [5.74, 6) is -1.56. The summed E-state index contributed by atoms with van der Waals surface area (Å²) in [6.07, 6.45) is -4.34. The number of halogens is 1. The lowest BCUT2D eigenvalue weighted by Gasteiger charge is -2.29. The molecule has 1 aliphatic rings. The fourth-order valence-corrected chi connectivity index (χ4v) is 3.58. The molecule has 1 saturated heterocycles. The van der Waals surface area contributed by atoms with Gasteiger partial charge in [-0.15, -0.1) is 0 Å². The van der Waals surface area contributed by atoms with Gasteiger partial charge in [-0.05, 0) is 13.8 Å². The fourth-order valence-electron chi connectivity index (χ4n) is 3.28. The number of aryl methyl sites for hydroxylation is 2. The summed E-state index contributed by atoms with van der Waals surface area (Å²) in [6.45, 7) is 3.68. The average molecular weight is 405 g/mol. The molecule has 6 nitrogen and oxygen atoms in total. The van der Waals surface area contributed by atoms with Crippen molar-refractivity contribution in [3.8, 4) is 0 Å². The van der Waals surface area contributed by atoms with Crippen molar-refractivity contribution >= 4 is 23.2 Å². The predicted molar refractivity (Wildman–Crippen MR) is 102 cm³/mol. The van der Waals surface area contributed by atoms with Crippen LogP contribution in [-0.2, 0) is 4.74 Å². The minimum atomic E-state index is -2.39. The van der Waals surface area contributed by atoms with Gasteiger partial charge in [0, 0.05) is 11.1 Å². The van der Waals surface area contributed by atoms with Crippen molar-refractivity contribution in [3.05, 3.63) is 70.8 Å². The molecule has 4 atom stereocenters. The zero-order valence-electron chi connectivity index (χ0n) is 15.4. The molecule has 0 aromatic heterocycles. The highest BCUT2D eigenvalue weighted by atomic mass is 35.5. The first-order valence-electron chi connectivity index (χ1n) is 8.75. The Labute approximate surface area is 167 Å². The molecule has 148 valence electrons. The van der Waals surface area contributed by atoms with Crippen LogP contribution in [0.4, 0.5) is 0 Å². The van der Waals surface area contributed by atoms with Gasteiger partial charge in [-0.2, -0.15) is 0 Å². The second-order valence-electron chi connectivity index (χ2n) is 7.20. The first kappa shape index (κ1) is 20.6. The van der Waals surface area contributed by atoms with E-state index in [1.165, 1.54) is 24.3 Å². The van der Waals surface area contributed by atoms with E-state index < -0.39 is 41.0 Å². The van der Waals surface area contributed by atoms with Gasteiger partial charge in [-0.1, -0.05) is 71.3 Å².